The molecule has 3 heterocycles. The van der Waals surface area contributed by atoms with Gasteiger partial charge in [-0.3, -0.25) is 19.3 Å². The topological polar surface area (TPSA) is 62.6 Å². The highest BCUT2D eigenvalue weighted by molar-refractivity contribution is 6.06. The van der Waals surface area contributed by atoms with E-state index in [9.17, 15) is 14.4 Å². The fourth-order valence-electron chi connectivity index (χ4n) is 4.85. The summed E-state index contributed by atoms with van der Waals surface area (Å²) in [4.78, 5) is 41.3. The van der Waals surface area contributed by atoms with E-state index in [4.69, 9.17) is 0 Å². The maximum Gasteiger partial charge on any atom is 0.233 e. The molecule has 144 valence electrons. The number of fused-ring (bicyclic) bond motifs is 2. The number of rotatable bonds is 3. The maximum absolute atomic E-state index is 12.7. The number of aromatic nitrogens is 1. The van der Waals surface area contributed by atoms with Gasteiger partial charge in [-0.2, -0.15) is 0 Å². The van der Waals surface area contributed by atoms with E-state index in [-0.39, 0.29) is 35.6 Å². The van der Waals surface area contributed by atoms with Crippen LogP contribution in [0.25, 0.3) is 10.9 Å². The van der Waals surface area contributed by atoms with Crippen molar-refractivity contribution < 1.29 is 14.4 Å². The second-order valence-electron chi connectivity index (χ2n) is 8.11. The summed E-state index contributed by atoms with van der Waals surface area (Å²) in [6, 6.07) is 7.89. The van der Waals surface area contributed by atoms with Gasteiger partial charge in [0.25, 0.3) is 0 Å². The van der Waals surface area contributed by atoms with Gasteiger partial charge in [0.15, 0.2) is 0 Å². The Hall–Kier alpha value is -2.89. The summed E-state index contributed by atoms with van der Waals surface area (Å²) in [5, 5.41) is 1.09. The molecule has 1 aromatic heterocycles. The van der Waals surface area contributed by atoms with Crippen molar-refractivity contribution in [2.45, 2.75) is 25.3 Å². The van der Waals surface area contributed by atoms with Crippen molar-refractivity contribution in [3.8, 4) is 0 Å². The first-order valence-electron chi connectivity index (χ1n) is 9.87. The monoisotopic (exact) mass is 377 g/mol. The molecule has 6 nitrogen and oxygen atoms in total. The molecular weight excluding hydrogens is 354 g/mol. The van der Waals surface area contributed by atoms with Crippen LogP contribution < -0.4 is 0 Å². The lowest BCUT2D eigenvalue weighted by molar-refractivity contribution is -0.152. The SMILES string of the molecule is Cn1cc(CC(=O)N2CC(N3C(=O)C4CC=CCC4C3=O)C2)c2ccccc21. The van der Waals surface area contributed by atoms with Gasteiger partial charge in [-0.25, -0.2) is 0 Å². The summed E-state index contributed by atoms with van der Waals surface area (Å²) in [5.74, 6) is -0.447. The van der Waals surface area contributed by atoms with Crippen LogP contribution in [0, 0.1) is 11.8 Å². The molecule has 2 unspecified atom stereocenters. The lowest BCUT2D eigenvalue weighted by atomic mass is 9.85. The number of benzene rings is 1. The zero-order valence-corrected chi connectivity index (χ0v) is 15.9. The quantitative estimate of drug-likeness (QED) is 0.606. The van der Waals surface area contributed by atoms with E-state index in [1.807, 2.05) is 54.2 Å². The van der Waals surface area contributed by atoms with Crippen LogP contribution in [0.2, 0.25) is 0 Å². The van der Waals surface area contributed by atoms with Gasteiger partial charge in [0.1, 0.15) is 0 Å². The Bertz CT molecular complexity index is 989. The molecule has 2 atom stereocenters. The van der Waals surface area contributed by atoms with E-state index in [0.29, 0.717) is 32.4 Å². The van der Waals surface area contributed by atoms with Crippen molar-refractivity contribution in [1.29, 1.82) is 0 Å². The average Bonchev–Trinajstić information content (AvgIpc) is 3.11. The van der Waals surface area contributed by atoms with E-state index >= 15 is 0 Å². The molecule has 0 spiro atoms. The van der Waals surface area contributed by atoms with E-state index in [2.05, 4.69) is 0 Å². The molecule has 0 saturated carbocycles. The minimum Gasteiger partial charge on any atom is -0.350 e. The van der Waals surface area contributed by atoms with Crippen LogP contribution in [0.15, 0.2) is 42.6 Å². The normalized spacial score (nSPS) is 24.8. The van der Waals surface area contributed by atoms with Crippen LogP contribution in [-0.4, -0.2) is 51.2 Å². The van der Waals surface area contributed by atoms with E-state index in [1.54, 1.807) is 4.90 Å². The van der Waals surface area contributed by atoms with Gasteiger partial charge in [0, 0.05) is 37.2 Å². The van der Waals surface area contributed by atoms with Crippen molar-refractivity contribution >= 4 is 28.6 Å². The first kappa shape index (κ1) is 17.2. The van der Waals surface area contributed by atoms with Crippen molar-refractivity contribution in [1.82, 2.24) is 14.4 Å². The van der Waals surface area contributed by atoms with Crippen molar-refractivity contribution in [2.24, 2.45) is 18.9 Å². The third-order valence-corrected chi connectivity index (χ3v) is 6.44. The molecular formula is C22H23N3O3. The molecule has 2 aromatic rings. The predicted molar refractivity (Wildman–Crippen MR) is 104 cm³/mol. The number of hydrogen-bond acceptors (Lipinski definition) is 3. The molecule has 0 bridgehead atoms. The number of likely N-dealkylation sites (tertiary alicyclic amines) is 2. The molecule has 2 aliphatic heterocycles. The summed E-state index contributed by atoms with van der Waals surface area (Å²) in [6.07, 6.45) is 7.65. The fraction of sp³-hybridized carbons (Fsp3) is 0.409. The lowest BCUT2D eigenvalue weighted by Crippen LogP contribution is -2.62. The largest absolute Gasteiger partial charge is 0.350 e. The van der Waals surface area contributed by atoms with Crippen molar-refractivity contribution in [3.05, 3.63) is 48.2 Å². The molecule has 0 N–H and O–H groups in total. The number of nitrogens with zero attached hydrogens (tertiary/aromatic N) is 3. The summed E-state index contributed by atoms with van der Waals surface area (Å²) < 4.78 is 2.04. The fourth-order valence-corrected chi connectivity index (χ4v) is 4.85. The van der Waals surface area contributed by atoms with Crippen LogP contribution in [0.3, 0.4) is 0 Å². The van der Waals surface area contributed by atoms with Gasteiger partial charge in [0.05, 0.1) is 24.3 Å². The zero-order chi connectivity index (χ0) is 19.4. The highest BCUT2D eigenvalue weighted by Crippen LogP contribution is 2.37. The third kappa shape index (κ3) is 2.51. The third-order valence-electron chi connectivity index (χ3n) is 6.44. The van der Waals surface area contributed by atoms with Gasteiger partial charge < -0.3 is 9.47 Å². The molecule has 2 fully saturated rings. The molecule has 2 saturated heterocycles. The Labute approximate surface area is 163 Å². The van der Waals surface area contributed by atoms with Gasteiger partial charge in [0.2, 0.25) is 17.7 Å². The number of carbonyl (C=O) groups is 3. The Morgan fingerprint density at radius 3 is 2.36 bits per heavy atom. The Morgan fingerprint density at radius 2 is 1.68 bits per heavy atom. The molecule has 1 aliphatic carbocycles. The number of carbonyl (C=O) groups excluding carboxylic acids is 3. The summed E-state index contributed by atoms with van der Waals surface area (Å²) in [5.41, 5.74) is 2.12. The van der Waals surface area contributed by atoms with Crippen LogP contribution in [0.5, 0.6) is 0 Å². The highest BCUT2D eigenvalue weighted by Gasteiger charge is 2.52. The number of allylic oxidation sites excluding steroid dienone is 2. The minimum atomic E-state index is -0.196. The van der Waals surface area contributed by atoms with Crippen LogP contribution >= 0.6 is 0 Å². The number of amides is 3. The molecule has 1 aromatic carbocycles. The minimum absolute atomic E-state index is 0.0470. The van der Waals surface area contributed by atoms with Crippen molar-refractivity contribution in [3.63, 3.8) is 0 Å². The highest BCUT2D eigenvalue weighted by atomic mass is 16.2. The van der Waals surface area contributed by atoms with Gasteiger partial charge in [-0.1, -0.05) is 30.4 Å². The second kappa shape index (κ2) is 6.33. The van der Waals surface area contributed by atoms with E-state index in [0.717, 1.165) is 16.5 Å². The van der Waals surface area contributed by atoms with Crippen molar-refractivity contribution in [2.75, 3.05) is 13.1 Å². The molecule has 3 aliphatic rings. The average molecular weight is 377 g/mol. The Morgan fingerprint density at radius 1 is 1.04 bits per heavy atom. The molecule has 0 radical (unpaired) electrons. The molecule has 5 rings (SSSR count). The Kier molecular flexibility index (Phi) is 3.89. The van der Waals surface area contributed by atoms with Crippen LogP contribution in [-0.2, 0) is 27.9 Å². The number of hydrogen-bond donors (Lipinski definition) is 0. The first-order chi connectivity index (χ1) is 13.5. The summed E-state index contributed by atoms with van der Waals surface area (Å²) in [7, 11) is 1.98. The van der Waals surface area contributed by atoms with Gasteiger partial charge in [-0.05, 0) is 24.5 Å². The number of imide groups is 1. The lowest BCUT2D eigenvalue weighted by Gasteiger charge is -2.43. The van der Waals surface area contributed by atoms with Gasteiger partial charge in [-0.15, -0.1) is 0 Å². The van der Waals surface area contributed by atoms with Crippen LogP contribution in [0.4, 0.5) is 0 Å². The number of para-hydroxylation sites is 1. The van der Waals surface area contributed by atoms with Crippen LogP contribution in [0.1, 0.15) is 18.4 Å². The Balaban J connectivity index is 1.25. The summed E-state index contributed by atoms with van der Waals surface area (Å²) >= 11 is 0. The molecule has 28 heavy (non-hydrogen) atoms. The second-order valence-corrected chi connectivity index (χ2v) is 8.11. The zero-order valence-electron chi connectivity index (χ0n) is 15.9. The van der Waals surface area contributed by atoms with Gasteiger partial charge >= 0.3 is 0 Å². The smallest absolute Gasteiger partial charge is 0.233 e. The molecule has 3 amide bonds. The summed E-state index contributed by atoms with van der Waals surface area (Å²) in [6.45, 7) is 0.905. The maximum atomic E-state index is 12.7. The van der Waals surface area contributed by atoms with E-state index in [1.165, 1.54) is 4.90 Å². The van der Waals surface area contributed by atoms with E-state index < -0.39 is 0 Å². The predicted octanol–water partition coefficient (Wildman–Crippen LogP) is 1.88. The number of aryl methyl sites for hydroxylation is 1. The standard InChI is InChI=1S/C22H23N3O3/c1-23-11-14(16-6-4-5-9-19(16)23)10-20(26)24-12-15(13-24)25-21(27)17-7-2-3-8-18(17)22(25)28/h2-6,9,11,15,17-18H,7-8,10,12-13H2,1H3. The molecule has 6 heteroatoms. The first-order valence-corrected chi connectivity index (χ1v) is 9.87.